The third-order valence-corrected chi connectivity index (χ3v) is 45.3. The summed E-state index contributed by atoms with van der Waals surface area (Å²) >= 11 is 0. The lowest BCUT2D eigenvalue weighted by Crippen LogP contribution is -2.71. The van der Waals surface area contributed by atoms with Crippen molar-refractivity contribution in [1.29, 1.82) is 0 Å². The number of hydrogen-bond donors (Lipinski definition) is 1. The van der Waals surface area contributed by atoms with E-state index in [0.717, 1.165) is 12.8 Å². The normalized spacial score (nSPS) is 13.6. The van der Waals surface area contributed by atoms with Gasteiger partial charge >= 0.3 is 0 Å². The largest absolute Gasteiger partial charge is 0.523 e. The lowest BCUT2D eigenvalue weighted by Gasteiger charge is -2.46. The van der Waals surface area contributed by atoms with Gasteiger partial charge in [-0.3, -0.25) is 4.79 Å². The molecule has 0 aromatic heterocycles. The van der Waals surface area contributed by atoms with Gasteiger partial charge in [0.1, 0.15) is 0 Å². The maximum absolute atomic E-state index is 11.3. The Labute approximate surface area is 115 Å². The van der Waals surface area contributed by atoms with Gasteiger partial charge in [0.15, 0.2) is 0 Å². The first-order valence-electron chi connectivity index (χ1n) is 6.78. The van der Waals surface area contributed by atoms with Crippen molar-refractivity contribution in [2.24, 2.45) is 0 Å². The summed E-state index contributed by atoms with van der Waals surface area (Å²) in [6, 6.07) is 1.24. The van der Waals surface area contributed by atoms with Gasteiger partial charge in [0.2, 0.25) is 7.83 Å². The zero-order chi connectivity index (χ0) is 14.6. The van der Waals surface area contributed by atoms with E-state index in [0.29, 0.717) is 0 Å². The van der Waals surface area contributed by atoms with E-state index in [1.165, 1.54) is 13.0 Å². The molecule has 18 heavy (non-hydrogen) atoms. The molecule has 108 valence electrons. The molecule has 0 unspecified atom stereocenters. The standard InChI is InChI=1S/C12H30O3Si3/c1-12(14)15-17(4,5)18(6,7)16(2,3)11-9-8-10-13/h13H,8-11H2,1-7H3. The van der Waals surface area contributed by atoms with Crippen LogP contribution in [0.25, 0.3) is 0 Å². The average molecular weight is 307 g/mol. The van der Waals surface area contributed by atoms with Crippen molar-refractivity contribution in [2.45, 2.75) is 65.1 Å². The van der Waals surface area contributed by atoms with E-state index < -0.39 is 22.5 Å². The lowest BCUT2D eigenvalue weighted by molar-refractivity contribution is -0.132. The number of carbonyl (C=O) groups excluding carboxylic acids is 1. The van der Waals surface area contributed by atoms with Crippen molar-refractivity contribution in [3.05, 3.63) is 0 Å². The highest BCUT2D eigenvalue weighted by Crippen LogP contribution is 2.33. The molecule has 0 spiro atoms. The minimum Gasteiger partial charge on any atom is -0.523 e. The number of hydrogen-bond acceptors (Lipinski definition) is 3. The van der Waals surface area contributed by atoms with Crippen molar-refractivity contribution >= 4 is 28.5 Å². The molecule has 0 aromatic carbocycles. The fraction of sp³-hybridized carbons (Fsp3) is 0.917. The smallest absolute Gasteiger partial charge is 0.289 e. The topological polar surface area (TPSA) is 46.5 Å². The number of unbranched alkanes of at least 4 members (excludes halogenated alkanes) is 1. The van der Waals surface area contributed by atoms with E-state index in [4.69, 9.17) is 9.53 Å². The molecule has 1 N–H and O–H groups in total. The van der Waals surface area contributed by atoms with Crippen LogP contribution >= 0.6 is 0 Å². The Morgan fingerprint density at radius 1 is 1.06 bits per heavy atom. The van der Waals surface area contributed by atoms with E-state index >= 15 is 0 Å². The molecular weight excluding hydrogens is 276 g/mol. The maximum atomic E-state index is 11.3. The fourth-order valence-electron chi connectivity index (χ4n) is 2.29. The van der Waals surface area contributed by atoms with Gasteiger partial charge in [0.25, 0.3) is 5.97 Å². The summed E-state index contributed by atoms with van der Waals surface area (Å²) in [4.78, 5) is 11.3. The first-order valence-corrected chi connectivity index (χ1v) is 17.9. The van der Waals surface area contributed by atoms with Crippen LogP contribution < -0.4 is 0 Å². The van der Waals surface area contributed by atoms with Crippen LogP contribution in [0, 0.1) is 0 Å². The second kappa shape index (κ2) is 6.49. The molecular formula is C12H30O3Si3. The van der Waals surface area contributed by atoms with Crippen LogP contribution in [0.15, 0.2) is 0 Å². The highest BCUT2D eigenvalue weighted by atomic mass is 29.6. The summed E-state index contributed by atoms with van der Waals surface area (Å²) in [6.45, 7) is 15.9. The summed E-state index contributed by atoms with van der Waals surface area (Å²) in [6.07, 6.45) is 2.01. The van der Waals surface area contributed by atoms with Crippen LogP contribution in [0.1, 0.15) is 19.8 Å². The molecule has 0 bridgehead atoms. The second-order valence-electron chi connectivity index (χ2n) is 6.79. The van der Waals surface area contributed by atoms with Crippen LogP contribution in [-0.4, -0.2) is 40.2 Å². The van der Waals surface area contributed by atoms with E-state index in [1.807, 2.05) is 0 Å². The Kier molecular flexibility index (Phi) is 6.52. The van der Waals surface area contributed by atoms with Crippen molar-refractivity contribution in [1.82, 2.24) is 0 Å². The maximum Gasteiger partial charge on any atom is 0.289 e. The van der Waals surface area contributed by atoms with Gasteiger partial charge in [-0.15, -0.1) is 0 Å². The zero-order valence-corrected chi connectivity index (χ0v) is 16.1. The average Bonchev–Trinajstić information content (AvgIpc) is 2.15. The molecule has 0 fully saturated rings. The molecule has 0 rings (SSSR count). The number of aliphatic hydroxyl groups is 1. The third kappa shape index (κ3) is 4.32. The Morgan fingerprint density at radius 3 is 1.94 bits per heavy atom. The van der Waals surface area contributed by atoms with Gasteiger partial charge in [-0.1, -0.05) is 38.7 Å². The van der Waals surface area contributed by atoms with Gasteiger partial charge in [0.05, 0.1) is 7.11 Å². The van der Waals surface area contributed by atoms with Gasteiger partial charge in [-0.2, -0.15) is 0 Å². The zero-order valence-electron chi connectivity index (χ0n) is 13.1. The summed E-state index contributed by atoms with van der Waals surface area (Å²) in [7, 11) is -4.78. The minimum atomic E-state index is -1.90. The summed E-state index contributed by atoms with van der Waals surface area (Å²) in [5.74, 6) is -0.118. The highest BCUT2D eigenvalue weighted by Gasteiger charge is 2.54. The SMILES string of the molecule is CC(=O)O[Si](C)(C)[Si](C)(C)[Si](C)(C)CCCCO. The predicted octanol–water partition coefficient (Wildman–Crippen LogP) is 3.10. The quantitative estimate of drug-likeness (QED) is 0.581. The molecule has 0 aliphatic carbocycles. The fourth-order valence-corrected chi connectivity index (χ4v) is 31.4. The predicted molar refractivity (Wildman–Crippen MR) is 85.3 cm³/mol. The van der Waals surface area contributed by atoms with E-state index in [1.54, 1.807) is 0 Å². The number of carbonyl (C=O) groups is 1. The summed E-state index contributed by atoms with van der Waals surface area (Å²) in [5, 5.41) is 8.91. The van der Waals surface area contributed by atoms with Crippen LogP contribution in [-0.2, 0) is 9.22 Å². The van der Waals surface area contributed by atoms with Crippen molar-refractivity contribution in [3.63, 3.8) is 0 Å². The van der Waals surface area contributed by atoms with Gasteiger partial charge in [-0.05, 0) is 19.5 Å². The Bertz CT molecular complexity index is 288. The van der Waals surface area contributed by atoms with E-state index in [9.17, 15) is 4.79 Å². The van der Waals surface area contributed by atoms with Crippen LogP contribution in [0.2, 0.25) is 45.3 Å². The monoisotopic (exact) mass is 306 g/mol. The molecule has 0 atom stereocenters. The molecule has 0 aromatic rings. The molecule has 0 aliphatic heterocycles. The minimum absolute atomic E-state index is 0.118. The molecule has 6 heteroatoms. The van der Waals surface area contributed by atoms with E-state index in [2.05, 4.69) is 39.3 Å². The van der Waals surface area contributed by atoms with E-state index in [-0.39, 0.29) is 12.6 Å². The highest BCUT2D eigenvalue weighted by molar-refractivity contribution is 7.67. The van der Waals surface area contributed by atoms with Crippen LogP contribution in [0.3, 0.4) is 0 Å². The van der Waals surface area contributed by atoms with Gasteiger partial charge in [-0.25, -0.2) is 0 Å². The molecule has 0 radical (unpaired) electrons. The van der Waals surface area contributed by atoms with Gasteiger partial charge < -0.3 is 9.53 Å². The Morgan fingerprint density at radius 2 is 1.56 bits per heavy atom. The summed E-state index contributed by atoms with van der Waals surface area (Å²) < 4.78 is 5.74. The molecule has 0 heterocycles. The second-order valence-corrected chi connectivity index (χ2v) is 34.2. The van der Waals surface area contributed by atoms with Crippen molar-refractivity contribution in [2.75, 3.05) is 6.61 Å². The summed E-state index contributed by atoms with van der Waals surface area (Å²) in [5.41, 5.74) is 0. The lowest BCUT2D eigenvalue weighted by atomic mass is 10.4. The molecule has 0 aliphatic rings. The molecule has 0 amide bonds. The Hall–Kier alpha value is 0.0806. The number of aliphatic hydroxyl groups excluding tert-OH is 1. The first-order chi connectivity index (χ1) is 7.98. The van der Waals surface area contributed by atoms with Crippen LogP contribution in [0.4, 0.5) is 0 Å². The van der Waals surface area contributed by atoms with Crippen LogP contribution in [0.5, 0.6) is 0 Å². The molecule has 0 saturated heterocycles. The molecule has 0 saturated carbocycles. The molecule has 3 nitrogen and oxygen atoms in total. The third-order valence-electron chi connectivity index (χ3n) is 4.81. The first kappa shape index (κ1) is 18.1. The van der Waals surface area contributed by atoms with Gasteiger partial charge in [0, 0.05) is 21.1 Å². The van der Waals surface area contributed by atoms with Crippen molar-refractivity contribution < 1.29 is 14.3 Å². The Balaban J connectivity index is 4.91. The van der Waals surface area contributed by atoms with Crippen molar-refractivity contribution in [3.8, 4) is 0 Å². The number of rotatable bonds is 7.